The van der Waals surface area contributed by atoms with Gasteiger partial charge in [-0.3, -0.25) is 0 Å². The minimum Gasteiger partial charge on any atom is -0.375 e. The quantitative estimate of drug-likeness (QED) is 0.108. The van der Waals surface area contributed by atoms with Crippen LogP contribution in [0.5, 0.6) is 0 Å². The summed E-state index contributed by atoms with van der Waals surface area (Å²) in [5, 5.41) is 23.1. The number of anilines is 2. The lowest BCUT2D eigenvalue weighted by atomic mass is 10.2. The first-order chi connectivity index (χ1) is 17.5. The molecule has 0 saturated carbocycles. The van der Waals surface area contributed by atoms with Gasteiger partial charge >= 0.3 is 10.3 Å². The second-order valence-corrected chi connectivity index (χ2v) is 10.3. The second-order valence-electron chi connectivity index (χ2n) is 8.58. The van der Waals surface area contributed by atoms with E-state index in [-0.39, 0.29) is 14.9 Å². The summed E-state index contributed by atoms with van der Waals surface area (Å²) in [6, 6.07) is 16.5. The molecule has 0 unspecified atom stereocenters. The molecule has 0 amide bonds. The summed E-state index contributed by atoms with van der Waals surface area (Å²) in [5.41, 5.74) is 4.08. The van der Waals surface area contributed by atoms with E-state index in [1.54, 1.807) is 22.7 Å². The molecule has 0 aliphatic carbocycles. The zero-order chi connectivity index (χ0) is 25.3. The van der Waals surface area contributed by atoms with Gasteiger partial charge in [-0.1, -0.05) is 14.9 Å². The molecule has 4 rings (SSSR count). The maximum absolute atomic E-state index is 4.34. The molecule has 2 aromatic heterocycles. The van der Waals surface area contributed by atoms with Crippen LogP contribution in [0.25, 0.3) is 0 Å². The first kappa shape index (κ1) is 30.7. The highest BCUT2D eigenvalue weighted by molar-refractivity contribution is 7.13. The summed E-state index contributed by atoms with van der Waals surface area (Å²) in [7, 11) is 8.21. The second kappa shape index (κ2) is 15.0. The van der Waals surface area contributed by atoms with Crippen LogP contribution in [0.3, 0.4) is 0 Å². The summed E-state index contributed by atoms with van der Waals surface area (Å²) in [5.74, 6) is 0. The summed E-state index contributed by atoms with van der Waals surface area (Å²) in [6.45, 7) is 2.00. The molecule has 0 spiro atoms. The van der Waals surface area contributed by atoms with Crippen molar-refractivity contribution in [1.82, 2.24) is 0 Å². The van der Waals surface area contributed by atoms with E-state index in [1.807, 2.05) is 70.6 Å². The number of azo groups is 2. The molecule has 0 bridgehead atoms. The number of rotatable bonds is 11. The van der Waals surface area contributed by atoms with Crippen molar-refractivity contribution < 1.29 is 9.13 Å². The van der Waals surface area contributed by atoms with E-state index in [2.05, 4.69) is 68.6 Å². The van der Waals surface area contributed by atoms with Crippen LogP contribution in [0.15, 0.2) is 92.1 Å². The molecule has 202 valence electrons. The van der Waals surface area contributed by atoms with Crippen LogP contribution in [0.1, 0.15) is 27.7 Å². The lowest BCUT2D eigenvalue weighted by Crippen LogP contribution is -2.23. The topological polar surface area (TPSA) is 63.7 Å². The fraction of sp³-hybridized carbons (Fsp3) is 0.357. The Balaban J connectivity index is 0.00000253. The molecular weight excluding hydrogens is 512 g/mol. The predicted octanol–water partition coefficient (Wildman–Crippen LogP) is 7.91. The molecule has 0 atom stereocenters. The molecule has 0 aliphatic rings. The van der Waals surface area contributed by atoms with E-state index in [0.717, 1.165) is 47.6 Å². The third kappa shape index (κ3) is 8.53. The number of benzene rings is 2. The Morgan fingerprint density at radius 2 is 0.974 bits per heavy atom. The van der Waals surface area contributed by atoms with Crippen molar-refractivity contribution in [1.29, 1.82) is 0 Å². The molecule has 0 saturated heterocycles. The minimum absolute atomic E-state index is 0. The number of thiazole rings is 2. The summed E-state index contributed by atoms with van der Waals surface area (Å²) in [6.07, 6.45) is 6.18. The largest absolute Gasteiger partial charge is 0.408 e. The van der Waals surface area contributed by atoms with Gasteiger partial charge in [-0.15, -0.1) is 0 Å². The Morgan fingerprint density at radius 1 is 0.605 bits per heavy atom. The molecule has 0 N–H and O–H groups in total. The fourth-order valence-electron chi connectivity index (χ4n) is 3.55. The van der Waals surface area contributed by atoms with Crippen LogP contribution in [0.2, 0.25) is 0 Å². The third-order valence-electron chi connectivity index (χ3n) is 5.84. The SMILES string of the molecule is C.C.CN(CCCCN(C)c1ccc(N=Nc2scc[n+]2C)cc1)c1ccc(N=Nc2scc[n+]2C)cc1. The van der Waals surface area contributed by atoms with Crippen LogP contribution >= 0.6 is 22.7 Å². The average molecular weight is 553 g/mol. The fourth-order valence-corrected chi connectivity index (χ4v) is 4.91. The molecule has 8 nitrogen and oxygen atoms in total. The van der Waals surface area contributed by atoms with Gasteiger partial charge in [0.2, 0.25) is 0 Å². The van der Waals surface area contributed by atoms with Gasteiger partial charge in [0.15, 0.2) is 0 Å². The molecule has 38 heavy (non-hydrogen) atoms. The number of aryl methyl sites for hydroxylation is 2. The number of unbranched alkanes of at least 4 members (excludes halogenated alkanes) is 1. The monoisotopic (exact) mass is 552 g/mol. The zero-order valence-electron chi connectivity index (χ0n) is 21.2. The van der Waals surface area contributed by atoms with Crippen LogP contribution in [-0.2, 0) is 14.1 Å². The van der Waals surface area contributed by atoms with Gasteiger partial charge in [-0.05, 0) is 94.3 Å². The van der Waals surface area contributed by atoms with Crippen LogP contribution < -0.4 is 18.9 Å². The lowest BCUT2D eigenvalue weighted by molar-refractivity contribution is -0.654. The van der Waals surface area contributed by atoms with Crippen molar-refractivity contribution >= 4 is 55.7 Å². The van der Waals surface area contributed by atoms with Crippen LogP contribution in [0.4, 0.5) is 33.0 Å². The third-order valence-corrected chi connectivity index (χ3v) is 7.52. The van der Waals surface area contributed by atoms with Gasteiger partial charge in [-0.25, -0.2) is 9.13 Å². The molecule has 4 aromatic rings. The Kier molecular flexibility index (Phi) is 12.2. The van der Waals surface area contributed by atoms with Crippen LogP contribution in [0, 0.1) is 0 Å². The number of hydrogen-bond acceptors (Lipinski definition) is 8. The number of aromatic nitrogens is 2. The molecule has 10 heteroatoms. The summed E-state index contributed by atoms with van der Waals surface area (Å²) < 4.78 is 3.92. The van der Waals surface area contributed by atoms with Gasteiger partial charge in [0, 0.05) is 49.3 Å². The minimum atomic E-state index is 0. The van der Waals surface area contributed by atoms with E-state index in [1.165, 1.54) is 11.4 Å². The molecule has 0 radical (unpaired) electrons. The van der Waals surface area contributed by atoms with E-state index in [9.17, 15) is 0 Å². The molecule has 0 aliphatic heterocycles. The Morgan fingerprint density at radius 3 is 1.29 bits per heavy atom. The van der Waals surface area contributed by atoms with Crippen molar-refractivity contribution in [3.63, 3.8) is 0 Å². The van der Waals surface area contributed by atoms with Gasteiger partial charge in [0.05, 0.1) is 24.3 Å². The predicted molar refractivity (Wildman–Crippen MR) is 161 cm³/mol. The average Bonchev–Trinajstić information content (AvgIpc) is 3.51. The number of nitrogens with zero attached hydrogens (tertiary/aromatic N) is 8. The Labute approximate surface area is 235 Å². The number of hydrogen-bond donors (Lipinski definition) is 0. The van der Waals surface area contributed by atoms with Gasteiger partial charge in [0.25, 0.3) is 0 Å². The molecular formula is C28H40N8S2+2. The highest BCUT2D eigenvalue weighted by Gasteiger charge is 2.09. The van der Waals surface area contributed by atoms with Crippen molar-refractivity contribution in [2.45, 2.75) is 27.7 Å². The van der Waals surface area contributed by atoms with E-state index in [0.29, 0.717) is 0 Å². The molecule has 0 fully saturated rings. The highest BCUT2D eigenvalue weighted by Crippen LogP contribution is 2.24. The van der Waals surface area contributed by atoms with Gasteiger partial charge in [0.1, 0.15) is 23.8 Å². The first-order valence-corrected chi connectivity index (χ1v) is 13.6. The Bertz CT molecular complexity index is 1190. The van der Waals surface area contributed by atoms with E-state index in [4.69, 9.17) is 0 Å². The molecule has 2 aromatic carbocycles. The van der Waals surface area contributed by atoms with Gasteiger partial charge < -0.3 is 9.80 Å². The van der Waals surface area contributed by atoms with Gasteiger partial charge in [-0.2, -0.15) is 0 Å². The first-order valence-electron chi connectivity index (χ1n) is 11.8. The maximum Gasteiger partial charge on any atom is 0.408 e. The highest BCUT2D eigenvalue weighted by atomic mass is 32.1. The van der Waals surface area contributed by atoms with E-state index >= 15 is 0 Å². The lowest BCUT2D eigenvalue weighted by Gasteiger charge is -2.22. The summed E-state index contributed by atoms with van der Waals surface area (Å²) in [4.78, 5) is 4.57. The van der Waals surface area contributed by atoms with Crippen molar-refractivity contribution in [2.24, 2.45) is 34.6 Å². The van der Waals surface area contributed by atoms with Crippen molar-refractivity contribution in [3.05, 3.63) is 71.7 Å². The zero-order valence-corrected chi connectivity index (χ0v) is 22.8. The summed E-state index contributed by atoms with van der Waals surface area (Å²) >= 11 is 3.15. The van der Waals surface area contributed by atoms with Crippen LogP contribution in [-0.4, -0.2) is 27.2 Å². The normalized spacial score (nSPS) is 10.9. The Hall–Kier alpha value is -3.50. The maximum atomic E-state index is 4.34. The molecule has 2 heterocycles. The van der Waals surface area contributed by atoms with Crippen molar-refractivity contribution in [2.75, 3.05) is 37.0 Å². The van der Waals surface area contributed by atoms with Crippen molar-refractivity contribution in [3.8, 4) is 0 Å². The standard InChI is InChI=1S/C26H32N8S2.2CH4/c1-31(23-11-7-21(8-12-23)27-29-25-33(3)17-19-35-25)15-5-6-16-32(2)24-13-9-22(10-14-24)28-30-26-34(4)18-20-36-26;;/h7-14,17-20H,5-6,15-16H2,1-4H3;2*1H4/q+2;;. The smallest absolute Gasteiger partial charge is 0.375 e. The van der Waals surface area contributed by atoms with E-state index < -0.39 is 0 Å².